The fourth-order valence-corrected chi connectivity index (χ4v) is 2.00. The van der Waals surface area contributed by atoms with Gasteiger partial charge in [0.25, 0.3) is 5.91 Å². The van der Waals surface area contributed by atoms with Crippen LogP contribution in [-0.2, 0) is 0 Å². The van der Waals surface area contributed by atoms with E-state index < -0.39 is 0 Å². The summed E-state index contributed by atoms with van der Waals surface area (Å²) in [5, 5.41) is 9.63. The molecule has 4 heteroatoms. The summed E-state index contributed by atoms with van der Waals surface area (Å²) in [6, 6.07) is 5.78. The highest BCUT2D eigenvalue weighted by molar-refractivity contribution is 6.02. The number of fused-ring (bicyclic) bond motifs is 1. The smallest absolute Gasteiger partial charge is 0.253 e. The molecule has 0 radical (unpaired) electrons. The molecule has 0 saturated heterocycles. The van der Waals surface area contributed by atoms with Crippen LogP contribution in [0.3, 0.4) is 0 Å². The van der Waals surface area contributed by atoms with Gasteiger partial charge in [0.05, 0.1) is 16.9 Å². The summed E-state index contributed by atoms with van der Waals surface area (Å²) in [4.78, 5) is 12.3. The van der Waals surface area contributed by atoms with Gasteiger partial charge in [-0.2, -0.15) is 0 Å². The van der Waals surface area contributed by atoms with Gasteiger partial charge < -0.3 is 16.0 Å². The topological polar surface area (TPSA) is 53.2 Å². The number of amides is 1. The van der Waals surface area contributed by atoms with Crippen LogP contribution in [0.4, 0.5) is 11.4 Å². The van der Waals surface area contributed by atoms with Crippen LogP contribution in [-0.4, -0.2) is 25.5 Å². The fourth-order valence-electron chi connectivity index (χ4n) is 2.00. The van der Waals surface area contributed by atoms with Gasteiger partial charge in [0.15, 0.2) is 0 Å². The van der Waals surface area contributed by atoms with Crippen molar-refractivity contribution in [3.05, 3.63) is 23.8 Å². The van der Waals surface area contributed by atoms with Gasteiger partial charge in [-0.3, -0.25) is 4.79 Å². The monoisotopic (exact) mass is 261 g/mol. The van der Waals surface area contributed by atoms with Gasteiger partial charge in [-0.1, -0.05) is 26.8 Å². The van der Waals surface area contributed by atoms with E-state index in [4.69, 9.17) is 0 Å². The molecule has 0 aromatic heterocycles. The van der Waals surface area contributed by atoms with E-state index >= 15 is 0 Å². The summed E-state index contributed by atoms with van der Waals surface area (Å²) >= 11 is 0. The zero-order valence-electron chi connectivity index (χ0n) is 12.0. The number of nitrogens with one attached hydrogen (secondary N) is 3. The lowest BCUT2D eigenvalue weighted by Crippen LogP contribution is -2.34. The van der Waals surface area contributed by atoms with Crippen molar-refractivity contribution in [3.63, 3.8) is 0 Å². The van der Waals surface area contributed by atoms with Crippen molar-refractivity contribution in [2.75, 3.05) is 30.3 Å². The molecule has 4 nitrogen and oxygen atoms in total. The first-order valence-corrected chi connectivity index (χ1v) is 6.92. The first kappa shape index (κ1) is 13.7. The number of hydrogen-bond donors (Lipinski definition) is 3. The molecule has 0 spiro atoms. The van der Waals surface area contributed by atoms with E-state index in [-0.39, 0.29) is 11.3 Å². The first-order chi connectivity index (χ1) is 9.03. The van der Waals surface area contributed by atoms with Crippen molar-refractivity contribution >= 4 is 17.3 Å². The quantitative estimate of drug-likeness (QED) is 0.781. The molecule has 0 saturated carbocycles. The van der Waals surface area contributed by atoms with Crippen molar-refractivity contribution < 1.29 is 4.79 Å². The highest BCUT2D eigenvalue weighted by Crippen LogP contribution is 2.28. The second-order valence-corrected chi connectivity index (χ2v) is 5.78. The average Bonchev–Trinajstić information content (AvgIpc) is 2.44. The van der Waals surface area contributed by atoms with Crippen LogP contribution < -0.4 is 16.0 Å². The minimum atomic E-state index is -0.00502. The number of carbonyl (C=O) groups excluding carboxylic acids is 1. The molecule has 0 unspecified atom stereocenters. The summed E-state index contributed by atoms with van der Waals surface area (Å²) in [6.45, 7) is 8.89. The van der Waals surface area contributed by atoms with Crippen LogP contribution >= 0.6 is 0 Å². The van der Waals surface area contributed by atoms with E-state index in [0.717, 1.165) is 36.4 Å². The molecule has 0 fully saturated rings. The van der Waals surface area contributed by atoms with E-state index in [0.29, 0.717) is 6.54 Å². The Labute approximate surface area is 115 Å². The molecule has 3 N–H and O–H groups in total. The van der Waals surface area contributed by atoms with Crippen LogP contribution in [0.2, 0.25) is 0 Å². The molecular formula is C15H23N3O. The Hall–Kier alpha value is -1.71. The normalized spacial score (nSPS) is 14.1. The second-order valence-electron chi connectivity index (χ2n) is 5.78. The Balaban J connectivity index is 2.11. The van der Waals surface area contributed by atoms with E-state index in [9.17, 15) is 4.79 Å². The Bertz CT molecular complexity index is 468. The minimum Gasteiger partial charge on any atom is -0.382 e. The standard InChI is InChI=1S/C15H23N3O/c1-4-15(2,3)10-18-14(19)11-6-5-7-12-13(11)17-9-8-16-12/h5-7,16-17H,4,8-10H2,1-3H3,(H,18,19). The maximum atomic E-state index is 12.3. The molecule has 0 bridgehead atoms. The summed E-state index contributed by atoms with van der Waals surface area (Å²) in [7, 11) is 0. The van der Waals surface area contributed by atoms with Crippen molar-refractivity contribution in [2.45, 2.75) is 27.2 Å². The summed E-state index contributed by atoms with van der Waals surface area (Å²) in [5.74, 6) is -0.00502. The van der Waals surface area contributed by atoms with Gasteiger partial charge >= 0.3 is 0 Å². The molecule has 2 rings (SSSR count). The second kappa shape index (κ2) is 5.51. The summed E-state index contributed by atoms with van der Waals surface area (Å²) in [6.07, 6.45) is 1.04. The Morgan fingerprint density at radius 3 is 2.79 bits per heavy atom. The molecular weight excluding hydrogens is 238 g/mol. The van der Waals surface area contributed by atoms with Crippen molar-refractivity contribution in [3.8, 4) is 0 Å². The number of para-hydroxylation sites is 1. The fraction of sp³-hybridized carbons (Fsp3) is 0.533. The van der Waals surface area contributed by atoms with E-state index in [1.807, 2.05) is 18.2 Å². The average molecular weight is 261 g/mol. The molecule has 1 heterocycles. The molecule has 104 valence electrons. The van der Waals surface area contributed by atoms with Crippen LogP contribution in [0.1, 0.15) is 37.6 Å². The highest BCUT2D eigenvalue weighted by Gasteiger charge is 2.20. The maximum Gasteiger partial charge on any atom is 0.253 e. The molecule has 1 aromatic rings. The van der Waals surface area contributed by atoms with Crippen LogP contribution in [0.15, 0.2) is 18.2 Å². The van der Waals surface area contributed by atoms with Crippen molar-refractivity contribution in [1.29, 1.82) is 0 Å². The number of hydrogen-bond acceptors (Lipinski definition) is 3. The van der Waals surface area contributed by atoms with E-state index in [1.165, 1.54) is 0 Å². The zero-order valence-corrected chi connectivity index (χ0v) is 12.0. The third-order valence-electron chi connectivity index (χ3n) is 3.74. The molecule has 1 aromatic carbocycles. The largest absolute Gasteiger partial charge is 0.382 e. The van der Waals surface area contributed by atoms with Gasteiger partial charge in [0.1, 0.15) is 0 Å². The molecule has 0 atom stereocenters. The molecule has 1 aliphatic heterocycles. The lowest BCUT2D eigenvalue weighted by Gasteiger charge is -2.25. The Morgan fingerprint density at radius 2 is 2.05 bits per heavy atom. The number of anilines is 2. The molecule has 1 aliphatic rings. The van der Waals surface area contributed by atoms with Crippen LogP contribution in [0.25, 0.3) is 0 Å². The van der Waals surface area contributed by atoms with Crippen molar-refractivity contribution in [1.82, 2.24) is 5.32 Å². The number of rotatable bonds is 4. The lowest BCUT2D eigenvalue weighted by atomic mass is 9.90. The Kier molecular flexibility index (Phi) is 3.98. The van der Waals surface area contributed by atoms with Gasteiger partial charge in [-0.15, -0.1) is 0 Å². The molecule has 19 heavy (non-hydrogen) atoms. The van der Waals surface area contributed by atoms with Gasteiger partial charge in [0, 0.05) is 19.6 Å². The van der Waals surface area contributed by atoms with Gasteiger partial charge in [0.2, 0.25) is 0 Å². The SMILES string of the molecule is CCC(C)(C)CNC(=O)c1cccc2c1NCCN2. The minimum absolute atomic E-state index is 0.00502. The van der Waals surface area contributed by atoms with Gasteiger partial charge in [-0.05, 0) is 24.0 Å². The maximum absolute atomic E-state index is 12.3. The Morgan fingerprint density at radius 1 is 1.32 bits per heavy atom. The van der Waals surface area contributed by atoms with Crippen molar-refractivity contribution in [2.24, 2.45) is 5.41 Å². The number of carbonyl (C=O) groups is 1. The van der Waals surface area contributed by atoms with Crippen LogP contribution in [0.5, 0.6) is 0 Å². The van der Waals surface area contributed by atoms with Gasteiger partial charge in [-0.25, -0.2) is 0 Å². The van der Waals surface area contributed by atoms with E-state index in [2.05, 4.69) is 36.7 Å². The summed E-state index contributed by atoms with van der Waals surface area (Å²) in [5.41, 5.74) is 2.78. The first-order valence-electron chi connectivity index (χ1n) is 6.92. The third kappa shape index (κ3) is 3.19. The van der Waals surface area contributed by atoms with E-state index in [1.54, 1.807) is 0 Å². The highest BCUT2D eigenvalue weighted by atomic mass is 16.1. The third-order valence-corrected chi connectivity index (χ3v) is 3.74. The lowest BCUT2D eigenvalue weighted by molar-refractivity contribution is 0.0936. The van der Waals surface area contributed by atoms with Crippen LogP contribution in [0, 0.1) is 5.41 Å². The predicted octanol–water partition coefficient (Wildman–Crippen LogP) is 2.69. The zero-order chi connectivity index (χ0) is 13.9. The predicted molar refractivity (Wildman–Crippen MR) is 79.8 cm³/mol. The molecule has 1 amide bonds. The summed E-state index contributed by atoms with van der Waals surface area (Å²) < 4.78 is 0. The molecule has 0 aliphatic carbocycles. The number of benzene rings is 1.